The van der Waals surface area contributed by atoms with Gasteiger partial charge in [-0.1, -0.05) is 32.1 Å². The molecule has 1 aliphatic rings. The van der Waals surface area contributed by atoms with Crippen LogP contribution >= 0.6 is 0 Å². The number of carboxylic acids is 1. The van der Waals surface area contributed by atoms with Crippen molar-refractivity contribution >= 4 is 23.6 Å². The van der Waals surface area contributed by atoms with Crippen LogP contribution in [0.3, 0.4) is 0 Å². The van der Waals surface area contributed by atoms with Crippen molar-refractivity contribution in [1.82, 2.24) is 5.32 Å². The number of hydrogen-bond acceptors (Lipinski definition) is 4. The van der Waals surface area contributed by atoms with Crippen LogP contribution in [0.5, 0.6) is 0 Å². The van der Waals surface area contributed by atoms with Crippen molar-refractivity contribution in [3.63, 3.8) is 0 Å². The summed E-state index contributed by atoms with van der Waals surface area (Å²) in [4.78, 5) is 47.0. The van der Waals surface area contributed by atoms with Crippen LogP contribution in [0.4, 0.5) is 0 Å². The minimum atomic E-state index is -0.785. The second kappa shape index (κ2) is 9.97. The Labute approximate surface area is 165 Å². The van der Waals surface area contributed by atoms with Crippen molar-refractivity contribution in [2.75, 3.05) is 0 Å². The molecule has 1 fully saturated rings. The summed E-state index contributed by atoms with van der Waals surface area (Å²) in [5.41, 5.74) is 2.68. The summed E-state index contributed by atoms with van der Waals surface area (Å²) in [6.07, 6.45) is 4.43. The largest absolute Gasteiger partial charge is 0.481 e. The first-order valence-electron chi connectivity index (χ1n) is 9.74. The zero-order chi connectivity index (χ0) is 20.7. The molecule has 0 radical (unpaired) electrons. The molecular formula is C22H27NO5. The molecule has 1 atom stereocenters. The third-order valence-electron chi connectivity index (χ3n) is 5.11. The number of nitrogens with one attached hydrogen (secondary N) is 1. The Morgan fingerprint density at radius 1 is 1.21 bits per heavy atom. The second-order valence-corrected chi connectivity index (χ2v) is 7.16. The highest BCUT2D eigenvalue weighted by molar-refractivity contribution is 6.14. The van der Waals surface area contributed by atoms with Gasteiger partial charge >= 0.3 is 5.97 Å². The Balaban J connectivity index is 2.08. The monoisotopic (exact) mass is 385 g/mol. The molecule has 2 N–H and O–H groups in total. The van der Waals surface area contributed by atoms with Gasteiger partial charge in [-0.2, -0.15) is 0 Å². The molecule has 0 aromatic heterocycles. The van der Waals surface area contributed by atoms with Crippen LogP contribution in [0.25, 0.3) is 0 Å². The Morgan fingerprint density at radius 2 is 1.96 bits per heavy atom. The molecule has 1 unspecified atom stereocenters. The van der Waals surface area contributed by atoms with Gasteiger partial charge in [-0.15, -0.1) is 0 Å². The summed E-state index contributed by atoms with van der Waals surface area (Å²) in [6, 6.07) is 5.77. The number of carbonyl (C=O) groups excluding carboxylic acids is 3. The Morgan fingerprint density at radius 3 is 2.61 bits per heavy atom. The SMILES string of the molecule is C=C(C(=O)c1cc(CCCCCC(=O)O)ccc1CC)C1CCC(=O)NC1=O. The van der Waals surface area contributed by atoms with Crippen LogP contribution in [-0.4, -0.2) is 28.7 Å². The normalized spacial score (nSPS) is 16.5. The molecule has 150 valence electrons. The van der Waals surface area contributed by atoms with Gasteiger partial charge in [-0.05, 0) is 49.3 Å². The van der Waals surface area contributed by atoms with E-state index in [-0.39, 0.29) is 30.1 Å². The number of unbranched alkanes of at least 4 members (excludes halogenated alkanes) is 2. The van der Waals surface area contributed by atoms with E-state index >= 15 is 0 Å². The van der Waals surface area contributed by atoms with Crippen molar-refractivity contribution in [2.24, 2.45) is 5.92 Å². The standard InChI is InChI=1S/C22H27NO5/c1-3-16-10-9-15(7-5-4-6-8-20(25)26)13-18(16)21(27)14(2)17-11-12-19(24)23-22(17)28/h9-10,13,17H,2-8,11-12H2,1H3,(H,25,26)(H,23,24,28). The van der Waals surface area contributed by atoms with Gasteiger partial charge in [0.05, 0.1) is 5.92 Å². The summed E-state index contributed by atoms with van der Waals surface area (Å²) in [5.74, 6) is -2.48. The molecule has 0 spiro atoms. The first kappa shape index (κ1) is 21.5. The van der Waals surface area contributed by atoms with Crippen LogP contribution in [0.1, 0.15) is 66.9 Å². The van der Waals surface area contributed by atoms with E-state index in [1.165, 1.54) is 0 Å². The van der Waals surface area contributed by atoms with Crippen molar-refractivity contribution in [3.05, 3.63) is 47.0 Å². The zero-order valence-electron chi connectivity index (χ0n) is 16.3. The summed E-state index contributed by atoms with van der Waals surface area (Å²) < 4.78 is 0. The summed E-state index contributed by atoms with van der Waals surface area (Å²) in [6.45, 7) is 5.83. The molecule has 1 aromatic carbocycles. The fourth-order valence-corrected chi connectivity index (χ4v) is 3.44. The highest BCUT2D eigenvalue weighted by Crippen LogP contribution is 2.26. The fraction of sp³-hybridized carbons (Fsp3) is 0.455. The lowest BCUT2D eigenvalue weighted by Gasteiger charge is -2.22. The van der Waals surface area contributed by atoms with Gasteiger partial charge in [0, 0.05) is 24.0 Å². The lowest BCUT2D eigenvalue weighted by molar-refractivity contribution is -0.137. The lowest BCUT2D eigenvalue weighted by atomic mass is 9.84. The first-order chi connectivity index (χ1) is 13.3. The Hall–Kier alpha value is -2.76. The number of aryl methyl sites for hydroxylation is 2. The predicted molar refractivity (Wildman–Crippen MR) is 105 cm³/mol. The third-order valence-corrected chi connectivity index (χ3v) is 5.11. The highest BCUT2D eigenvalue weighted by atomic mass is 16.4. The lowest BCUT2D eigenvalue weighted by Crippen LogP contribution is -2.42. The number of ketones is 1. The van der Waals surface area contributed by atoms with Crippen molar-refractivity contribution < 1.29 is 24.3 Å². The van der Waals surface area contributed by atoms with E-state index in [4.69, 9.17) is 5.11 Å². The minimum Gasteiger partial charge on any atom is -0.481 e. The number of carboxylic acid groups (broad SMARTS) is 1. The number of hydrogen-bond donors (Lipinski definition) is 2. The van der Waals surface area contributed by atoms with Crippen LogP contribution in [0, 0.1) is 5.92 Å². The molecule has 0 saturated carbocycles. The average molecular weight is 385 g/mol. The second-order valence-electron chi connectivity index (χ2n) is 7.16. The van der Waals surface area contributed by atoms with Gasteiger partial charge < -0.3 is 5.11 Å². The molecule has 28 heavy (non-hydrogen) atoms. The number of Topliss-reactive ketones (excluding diaryl/α,β-unsaturated/α-hetero) is 1. The molecule has 2 amide bonds. The quantitative estimate of drug-likeness (QED) is 0.279. The first-order valence-corrected chi connectivity index (χ1v) is 9.74. The Bertz CT molecular complexity index is 796. The zero-order valence-corrected chi connectivity index (χ0v) is 16.3. The van der Waals surface area contributed by atoms with Gasteiger partial charge in [-0.3, -0.25) is 24.5 Å². The number of aliphatic carboxylic acids is 1. The van der Waals surface area contributed by atoms with Crippen LogP contribution in [0.2, 0.25) is 0 Å². The minimum absolute atomic E-state index is 0.171. The van der Waals surface area contributed by atoms with Gasteiger partial charge in [-0.25, -0.2) is 0 Å². The summed E-state index contributed by atoms with van der Waals surface area (Å²) >= 11 is 0. The maximum absolute atomic E-state index is 13.0. The van der Waals surface area contributed by atoms with E-state index in [0.717, 1.165) is 30.4 Å². The van der Waals surface area contributed by atoms with Gasteiger partial charge in [0.1, 0.15) is 0 Å². The van der Waals surface area contributed by atoms with Crippen molar-refractivity contribution in [3.8, 4) is 0 Å². The van der Waals surface area contributed by atoms with Crippen molar-refractivity contribution in [2.45, 2.75) is 58.3 Å². The number of imide groups is 1. The van der Waals surface area contributed by atoms with E-state index in [1.54, 1.807) is 0 Å². The van der Waals surface area contributed by atoms with Crippen molar-refractivity contribution in [1.29, 1.82) is 0 Å². The maximum atomic E-state index is 13.0. The van der Waals surface area contributed by atoms with E-state index < -0.39 is 17.8 Å². The molecule has 6 heteroatoms. The number of rotatable bonds is 10. The molecule has 1 heterocycles. The molecule has 0 bridgehead atoms. The molecule has 6 nitrogen and oxygen atoms in total. The molecule has 0 aliphatic carbocycles. The fourth-order valence-electron chi connectivity index (χ4n) is 3.44. The summed E-state index contributed by atoms with van der Waals surface area (Å²) in [5, 5.41) is 11.0. The van der Waals surface area contributed by atoms with E-state index in [0.29, 0.717) is 24.8 Å². The Kier molecular flexibility index (Phi) is 7.67. The highest BCUT2D eigenvalue weighted by Gasteiger charge is 2.32. The van der Waals surface area contributed by atoms with Gasteiger partial charge in [0.25, 0.3) is 0 Å². The topological polar surface area (TPSA) is 101 Å². The molecular weight excluding hydrogens is 358 g/mol. The van der Waals surface area contributed by atoms with E-state index in [1.807, 2.05) is 25.1 Å². The van der Waals surface area contributed by atoms with Crippen LogP contribution < -0.4 is 5.32 Å². The number of benzene rings is 1. The van der Waals surface area contributed by atoms with Gasteiger partial charge in [0.2, 0.25) is 11.8 Å². The summed E-state index contributed by atoms with van der Waals surface area (Å²) in [7, 11) is 0. The number of carbonyl (C=O) groups is 4. The number of amides is 2. The van der Waals surface area contributed by atoms with E-state index in [2.05, 4.69) is 11.9 Å². The molecule has 1 aliphatic heterocycles. The predicted octanol–water partition coefficient (Wildman–Crippen LogP) is 3.23. The van der Waals surface area contributed by atoms with Gasteiger partial charge in [0.15, 0.2) is 5.78 Å². The smallest absolute Gasteiger partial charge is 0.303 e. The molecule has 1 saturated heterocycles. The maximum Gasteiger partial charge on any atom is 0.303 e. The van der Waals surface area contributed by atoms with E-state index in [9.17, 15) is 19.2 Å². The third kappa shape index (κ3) is 5.62. The van der Waals surface area contributed by atoms with Crippen LogP contribution in [-0.2, 0) is 27.2 Å². The number of piperidine rings is 1. The average Bonchev–Trinajstić information content (AvgIpc) is 2.66. The molecule has 1 aromatic rings. The van der Waals surface area contributed by atoms with Crippen LogP contribution in [0.15, 0.2) is 30.4 Å². The molecule has 2 rings (SSSR count).